The molecule has 1 N–H and O–H groups in total. The molecular formula is C12H27N3O. The number of nitrogens with zero attached hydrogens (tertiary/aromatic N) is 2. The van der Waals surface area contributed by atoms with Crippen LogP contribution >= 0.6 is 0 Å². The van der Waals surface area contributed by atoms with E-state index in [0.717, 1.165) is 45.8 Å². The second kappa shape index (κ2) is 8.01. The normalized spacial score (nSPS) is 22.9. The van der Waals surface area contributed by atoms with Crippen LogP contribution in [0.2, 0.25) is 0 Å². The summed E-state index contributed by atoms with van der Waals surface area (Å²) in [5, 5.41) is 3.18. The molecule has 0 amide bonds. The molecule has 0 aromatic heterocycles. The summed E-state index contributed by atoms with van der Waals surface area (Å²) in [6, 6.07) is 0. The van der Waals surface area contributed by atoms with Gasteiger partial charge in [0.05, 0.1) is 12.7 Å². The van der Waals surface area contributed by atoms with Gasteiger partial charge in [-0.1, -0.05) is 6.92 Å². The average molecular weight is 229 g/mol. The van der Waals surface area contributed by atoms with E-state index < -0.39 is 0 Å². The average Bonchev–Trinajstić information content (AvgIpc) is 2.34. The monoisotopic (exact) mass is 229 g/mol. The zero-order chi connectivity index (χ0) is 11.8. The van der Waals surface area contributed by atoms with Gasteiger partial charge in [-0.2, -0.15) is 0 Å². The molecule has 4 nitrogen and oxygen atoms in total. The quantitative estimate of drug-likeness (QED) is 0.677. The lowest BCUT2D eigenvalue weighted by atomic mass is 10.2. The van der Waals surface area contributed by atoms with E-state index in [-0.39, 0.29) is 0 Å². The van der Waals surface area contributed by atoms with E-state index in [0.29, 0.717) is 6.10 Å². The molecule has 4 heteroatoms. The van der Waals surface area contributed by atoms with Crippen molar-refractivity contribution in [1.29, 1.82) is 0 Å². The van der Waals surface area contributed by atoms with Gasteiger partial charge in [0.15, 0.2) is 0 Å². The van der Waals surface area contributed by atoms with E-state index in [1.165, 1.54) is 6.54 Å². The summed E-state index contributed by atoms with van der Waals surface area (Å²) in [4.78, 5) is 4.88. The summed E-state index contributed by atoms with van der Waals surface area (Å²) in [7, 11) is 4.18. The van der Waals surface area contributed by atoms with Crippen molar-refractivity contribution in [3.8, 4) is 0 Å². The Bertz CT molecular complexity index is 178. The topological polar surface area (TPSA) is 27.7 Å². The van der Waals surface area contributed by atoms with E-state index in [1.54, 1.807) is 0 Å². The van der Waals surface area contributed by atoms with Crippen molar-refractivity contribution in [3.63, 3.8) is 0 Å². The Morgan fingerprint density at radius 1 is 1.50 bits per heavy atom. The van der Waals surface area contributed by atoms with Crippen LogP contribution in [0.1, 0.15) is 13.3 Å². The van der Waals surface area contributed by atoms with Gasteiger partial charge in [0.25, 0.3) is 0 Å². The van der Waals surface area contributed by atoms with Crippen molar-refractivity contribution in [3.05, 3.63) is 0 Å². The van der Waals surface area contributed by atoms with Crippen molar-refractivity contribution < 1.29 is 4.74 Å². The van der Waals surface area contributed by atoms with E-state index in [9.17, 15) is 0 Å². The number of nitrogens with one attached hydrogen (secondary N) is 1. The Hall–Kier alpha value is -0.160. The number of likely N-dealkylation sites (N-methyl/N-ethyl adjacent to an activating group) is 1. The van der Waals surface area contributed by atoms with Crippen molar-refractivity contribution in [2.24, 2.45) is 0 Å². The first-order valence-corrected chi connectivity index (χ1v) is 6.43. The molecule has 0 aliphatic carbocycles. The van der Waals surface area contributed by atoms with Gasteiger partial charge in [0.2, 0.25) is 0 Å². The molecule has 96 valence electrons. The maximum absolute atomic E-state index is 5.75. The van der Waals surface area contributed by atoms with Crippen LogP contribution in [0, 0.1) is 0 Å². The van der Waals surface area contributed by atoms with Gasteiger partial charge in [-0.05, 0) is 33.6 Å². The Balaban J connectivity index is 2.17. The molecule has 0 bridgehead atoms. The standard InChI is InChI=1S/C12H27N3O/c1-4-14(3)7-8-15-9-10-16-12(11-15)5-6-13-2/h12-13H,4-11H2,1-3H3/t12-/m0/s1. The van der Waals surface area contributed by atoms with Gasteiger partial charge < -0.3 is 15.0 Å². The highest BCUT2D eigenvalue weighted by atomic mass is 16.5. The van der Waals surface area contributed by atoms with Crippen LogP contribution in [0.25, 0.3) is 0 Å². The maximum Gasteiger partial charge on any atom is 0.0714 e. The SMILES string of the molecule is CCN(C)CCN1CCO[C@@H](CCNC)C1. The molecule has 1 heterocycles. The summed E-state index contributed by atoms with van der Waals surface area (Å²) in [5.41, 5.74) is 0. The first-order valence-electron chi connectivity index (χ1n) is 6.43. The zero-order valence-electron chi connectivity index (χ0n) is 11.0. The fourth-order valence-electron chi connectivity index (χ4n) is 1.93. The van der Waals surface area contributed by atoms with Crippen molar-refractivity contribution >= 4 is 0 Å². The summed E-state index contributed by atoms with van der Waals surface area (Å²) in [5.74, 6) is 0. The molecule has 0 spiro atoms. The van der Waals surface area contributed by atoms with Crippen LogP contribution < -0.4 is 5.32 Å². The molecule has 1 saturated heterocycles. The van der Waals surface area contributed by atoms with Crippen LogP contribution in [0.3, 0.4) is 0 Å². The van der Waals surface area contributed by atoms with Gasteiger partial charge in [0, 0.05) is 26.2 Å². The second-order valence-corrected chi connectivity index (χ2v) is 4.58. The largest absolute Gasteiger partial charge is 0.376 e. The van der Waals surface area contributed by atoms with Crippen LogP contribution in [0.4, 0.5) is 0 Å². The fourth-order valence-corrected chi connectivity index (χ4v) is 1.93. The Morgan fingerprint density at radius 2 is 2.31 bits per heavy atom. The zero-order valence-corrected chi connectivity index (χ0v) is 11.0. The number of rotatable bonds is 7. The van der Waals surface area contributed by atoms with Crippen molar-refractivity contribution in [2.75, 3.05) is 60.0 Å². The Morgan fingerprint density at radius 3 is 3.00 bits per heavy atom. The predicted octanol–water partition coefficient (Wildman–Crippen LogP) is 0.248. The highest BCUT2D eigenvalue weighted by molar-refractivity contribution is 4.72. The molecule has 1 rings (SSSR count). The van der Waals surface area contributed by atoms with E-state index in [1.807, 2.05) is 7.05 Å². The van der Waals surface area contributed by atoms with E-state index in [2.05, 4.69) is 29.1 Å². The summed E-state index contributed by atoms with van der Waals surface area (Å²) < 4.78 is 5.75. The fraction of sp³-hybridized carbons (Fsp3) is 1.00. The molecule has 0 aromatic rings. The second-order valence-electron chi connectivity index (χ2n) is 4.58. The molecule has 0 radical (unpaired) electrons. The highest BCUT2D eigenvalue weighted by Crippen LogP contribution is 2.07. The third kappa shape index (κ3) is 5.25. The lowest BCUT2D eigenvalue weighted by Crippen LogP contribution is -2.45. The molecule has 16 heavy (non-hydrogen) atoms. The maximum atomic E-state index is 5.75. The molecule has 1 fully saturated rings. The molecular weight excluding hydrogens is 202 g/mol. The van der Waals surface area contributed by atoms with Gasteiger partial charge in [-0.15, -0.1) is 0 Å². The van der Waals surface area contributed by atoms with Crippen LogP contribution in [-0.2, 0) is 4.74 Å². The molecule has 0 unspecified atom stereocenters. The van der Waals surface area contributed by atoms with Crippen LogP contribution in [-0.4, -0.2) is 75.9 Å². The minimum atomic E-state index is 0.424. The summed E-state index contributed by atoms with van der Waals surface area (Å²) in [6.45, 7) is 9.80. The van der Waals surface area contributed by atoms with Gasteiger partial charge >= 0.3 is 0 Å². The van der Waals surface area contributed by atoms with Crippen LogP contribution in [0.15, 0.2) is 0 Å². The molecule has 0 aromatic carbocycles. The van der Waals surface area contributed by atoms with Crippen LogP contribution in [0.5, 0.6) is 0 Å². The number of morpholine rings is 1. The number of hydrogen-bond donors (Lipinski definition) is 1. The molecule has 1 aliphatic heterocycles. The van der Waals surface area contributed by atoms with E-state index in [4.69, 9.17) is 4.74 Å². The highest BCUT2D eigenvalue weighted by Gasteiger charge is 2.19. The van der Waals surface area contributed by atoms with Gasteiger partial charge in [-0.25, -0.2) is 0 Å². The molecule has 1 atom stereocenters. The predicted molar refractivity (Wildman–Crippen MR) is 67.9 cm³/mol. The third-order valence-corrected chi connectivity index (χ3v) is 3.28. The van der Waals surface area contributed by atoms with Crippen molar-refractivity contribution in [2.45, 2.75) is 19.4 Å². The Kier molecular flexibility index (Phi) is 6.96. The smallest absolute Gasteiger partial charge is 0.0714 e. The first-order chi connectivity index (χ1) is 7.76. The third-order valence-electron chi connectivity index (χ3n) is 3.28. The van der Waals surface area contributed by atoms with Crippen molar-refractivity contribution in [1.82, 2.24) is 15.1 Å². The number of hydrogen-bond acceptors (Lipinski definition) is 4. The summed E-state index contributed by atoms with van der Waals surface area (Å²) in [6.07, 6.45) is 1.55. The molecule has 0 saturated carbocycles. The minimum absolute atomic E-state index is 0.424. The lowest BCUT2D eigenvalue weighted by Gasteiger charge is -2.33. The lowest BCUT2D eigenvalue weighted by molar-refractivity contribution is -0.0328. The van der Waals surface area contributed by atoms with Gasteiger partial charge in [0.1, 0.15) is 0 Å². The number of ether oxygens (including phenoxy) is 1. The Labute approximate surface area is 99.9 Å². The molecule has 1 aliphatic rings. The first kappa shape index (κ1) is 13.9. The van der Waals surface area contributed by atoms with Gasteiger partial charge in [-0.3, -0.25) is 4.90 Å². The minimum Gasteiger partial charge on any atom is -0.376 e. The summed E-state index contributed by atoms with van der Waals surface area (Å²) >= 11 is 0. The van der Waals surface area contributed by atoms with E-state index >= 15 is 0 Å².